The van der Waals surface area contributed by atoms with Crippen LogP contribution in [0.2, 0.25) is 0 Å². The first kappa shape index (κ1) is 22.1. The van der Waals surface area contributed by atoms with Crippen molar-refractivity contribution in [1.82, 2.24) is 0 Å². The van der Waals surface area contributed by atoms with Gasteiger partial charge in [-0.1, -0.05) is 64.0 Å². The number of aliphatic carboxylic acids is 1. The maximum Gasteiger partial charge on any atom is 0.303 e. The van der Waals surface area contributed by atoms with Gasteiger partial charge in [-0.15, -0.1) is 0 Å². The fourth-order valence-electron chi connectivity index (χ4n) is 2.40. The largest absolute Gasteiger partial charge is 0.481 e. The molecule has 0 spiro atoms. The summed E-state index contributed by atoms with van der Waals surface area (Å²) in [5.74, 6) is -0.749. The van der Waals surface area contributed by atoms with Gasteiger partial charge in [0.25, 0.3) is 0 Å². The van der Waals surface area contributed by atoms with Gasteiger partial charge in [-0.3, -0.25) is 4.79 Å². The second-order valence-corrected chi connectivity index (χ2v) is 6.21. The zero-order valence-electron chi connectivity index (χ0n) is 14.4. The van der Waals surface area contributed by atoms with Crippen LogP contribution < -0.4 is 0 Å². The van der Waals surface area contributed by atoms with Crippen LogP contribution in [0.3, 0.4) is 0 Å². The van der Waals surface area contributed by atoms with Gasteiger partial charge in [-0.05, 0) is 19.3 Å². The Morgan fingerprint density at radius 3 is 2.13 bits per heavy atom. The molecule has 5 heteroatoms. The van der Waals surface area contributed by atoms with Crippen molar-refractivity contribution >= 4 is 5.97 Å². The number of rotatable bonds is 15. The average molecular weight is 330 g/mol. The normalized spacial score (nSPS) is 15.7. The topological polar surface area (TPSA) is 98.0 Å². The zero-order valence-corrected chi connectivity index (χ0v) is 14.4. The molecule has 3 unspecified atom stereocenters. The third-order valence-corrected chi connectivity index (χ3v) is 3.92. The van der Waals surface area contributed by atoms with Gasteiger partial charge < -0.3 is 20.4 Å². The Kier molecular flexibility index (Phi) is 14.1. The van der Waals surface area contributed by atoms with Crippen LogP contribution in [0.15, 0.2) is 12.2 Å². The van der Waals surface area contributed by atoms with E-state index >= 15 is 0 Å². The molecule has 0 aromatic rings. The van der Waals surface area contributed by atoms with E-state index in [0.717, 1.165) is 44.9 Å². The Morgan fingerprint density at radius 2 is 1.48 bits per heavy atom. The molecule has 136 valence electrons. The predicted molar refractivity (Wildman–Crippen MR) is 91.3 cm³/mol. The smallest absolute Gasteiger partial charge is 0.303 e. The van der Waals surface area contributed by atoms with Gasteiger partial charge in [0.2, 0.25) is 0 Å². The minimum atomic E-state index is -0.919. The molecule has 0 radical (unpaired) electrons. The lowest BCUT2D eigenvalue weighted by molar-refractivity contribution is -0.137. The number of aliphatic hydroxyl groups excluding tert-OH is 3. The SMILES string of the molecule is CCCCCC(O)C(O)/C=C\C(O)CCCCCCCC(=O)O. The summed E-state index contributed by atoms with van der Waals surface area (Å²) >= 11 is 0. The van der Waals surface area contributed by atoms with Crippen molar-refractivity contribution in [2.24, 2.45) is 0 Å². The quantitative estimate of drug-likeness (QED) is 0.273. The van der Waals surface area contributed by atoms with Gasteiger partial charge in [-0.25, -0.2) is 0 Å². The van der Waals surface area contributed by atoms with E-state index in [1.54, 1.807) is 6.08 Å². The predicted octanol–water partition coefficient (Wildman–Crippen LogP) is 3.02. The molecule has 0 bridgehead atoms. The molecule has 0 heterocycles. The molecule has 0 aliphatic carbocycles. The molecule has 0 saturated heterocycles. The van der Waals surface area contributed by atoms with Gasteiger partial charge in [0.1, 0.15) is 0 Å². The number of carbonyl (C=O) groups is 1. The van der Waals surface area contributed by atoms with Crippen LogP contribution in [0.5, 0.6) is 0 Å². The Morgan fingerprint density at radius 1 is 0.870 bits per heavy atom. The van der Waals surface area contributed by atoms with Crippen molar-refractivity contribution < 1.29 is 25.2 Å². The zero-order chi connectivity index (χ0) is 17.5. The minimum absolute atomic E-state index is 0.226. The molecule has 5 nitrogen and oxygen atoms in total. The van der Waals surface area contributed by atoms with Gasteiger partial charge in [0, 0.05) is 6.42 Å². The molecule has 0 aliphatic rings. The highest BCUT2D eigenvalue weighted by Gasteiger charge is 2.12. The highest BCUT2D eigenvalue weighted by atomic mass is 16.4. The molecule has 4 N–H and O–H groups in total. The molecule has 0 aromatic heterocycles. The van der Waals surface area contributed by atoms with E-state index in [0.29, 0.717) is 19.3 Å². The van der Waals surface area contributed by atoms with E-state index in [4.69, 9.17) is 5.11 Å². The van der Waals surface area contributed by atoms with E-state index in [2.05, 4.69) is 6.92 Å². The number of hydrogen-bond donors (Lipinski definition) is 4. The molecule has 0 amide bonds. The van der Waals surface area contributed by atoms with E-state index in [-0.39, 0.29) is 6.42 Å². The monoisotopic (exact) mass is 330 g/mol. The van der Waals surface area contributed by atoms with Crippen molar-refractivity contribution in [2.75, 3.05) is 0 Å². The van der Waals surface area contributed by atoms with Gasteiger partial charge >= 0.3 is 5.97 Å². The Hall–Kier alpha value is -0.910. The Labute approximate surface area is 140 Å². The summed E-state index contributed by atoms with van der Waals surface area (Å²) in [6.07, 6.45) is 9.60. The van der Waals surface area contributed by atoms with E-state index in [1.807, 2.05) is 0 Å². The van der Waals surface area contributed by atoms with Crippen LogP contribution in [0.1, 0.15) is 77.6 Å². The maximum atomic E-state index is 10.3. The van der Waals surface area contributed by atoms with E-state index in [9.17, 15) is 20.1 Å². The summed E-state index contributed by atoms with van der Waals surface area (Å²) in [6, 6.07) is 0. The average Bonchev–Trinajstić information content (AvgIpc) is 2.51. The van der Waals surface area contributed by atoms with Crippen LogP contribution in [-0.4, -0.2) is 44.7 Å². The molecular weight excluding hydrogens is 296 g/mol. The summed E-state index contributed by atoms with van der Waals surface area (Å²) in [6.45, 7) is 2.09. The second-order valence-electron chi connectivity index (χ2n) is 6.21. The third kappa shape index (κ3) is 14.4. The third-order valence-electron chi connectivity index (χ3n) is 3.92. The van der Waals surface area contributed by atoms with Gasteiger partial charge in [0.15, 0.2) is 0 Å². The highest BCUT2D eigenvalue weighted by molar-refractivity contribution is 5.66. The van der Waals surface area contributed by atoms with Crippen molar-refractivity contribution in [2.45, 2.75) is 95.9 Å². The molecule has 0 saturated carbocycles. The first-order chi connectivity index (χ1) is 11.0. The maximum absolute atomic E-state index is 10.3. The fraction of sp³-hybridized carbons (Fsp3) is 0.833. The molecular formula is C18H34O5. The molecule has 0 fully saturated rings. The van der Waals surface area contributed by atoms with E-state index in [1.165, 1.54) is 6.08 Å². The Bertz CT molecular complexity index is 317. The first-order valence-corrected chi connectivity index (χ1v) is 8.91. The molecule has 0 aliphatic heterocycles. The molecule has 0 rings (SSSR count). The van der Waals surface area contributed by atoms with Crippen LogP contribution in [0.25, 0.3) is 0 Å². The Balaban J connectivity index is 3.66. The summed E-state index contributed by atoms with van der Waals surface area (Å²) in [7, 11) is 0. The lowest BCUT2D eigenvalue weighted by Gasteiger charge is -2.14. The number of aliphatic hydroxyl groups is 3. The van der Waals surface area contributed by atoms with Crippen LogP contribution in [-0.2, 0) is 4.79 Å². The summed E-state index contributed by atoms with van der Waals surface area (Å²) in [4.78, 5) is 10.3. The van der Waals surface area contributed by atoms with E-state index < -0.39 is 24.3 Å². The number of carboxylic acids is 1. The minimum Gasteiger partial charge on any atom is -0.481 e. The standard InChI is InChI=1S/C18H34O5/c1-2-3-7-11-16(20)17(21)14-13-15(19)10-8-5-4-6-9-12-18(22)23/h13-17,19-21H,2-12H2,1H3,(H,22,23)/b14-13-. The lowest BCUT2D eigenvalue weighted by Crippen LogP contribution is -2.24. The van der Waals surface area contributed by atoms with Crippen molar-refractivity contribution in [3.05, 3.63) is 12.2 Å². The second kappa shape index (κ2) is 14.7. The molecule has 23 heavy (non-hydrogen) atoms. The van der Waals surface area contributed by atoms with Crippen molar-refractivity contribution in [3.63, 3.8) is 0 Å². The number of unbranched alkanes of at least 4 members (excludes halogenated alkanes) is 6. The first-order valence-electron chi connectivity index (χ1n) is 8.91. The lowest BCUT2D eigenvalue weighted by atomic mass is 10.0. The van der Waals surface area contributed by atoms with Crippen molar-refractivity contribution in [1.29, 1.82) is 0 Å². The van der Waals surface area contributed by atoms with Crippen molar-refractivity contribution in [3.8, 4) is 0 Å². The molecule has 0 aromatic carbocycles. The van der Waals surface area contributed by atoms with Gasteiger partial charge in [-0.2, -0.15) is 0 Å². The highest BCUT2D eigenvalue weighted by Crippen LogP contribution is 2.11. The van der Waals surface area contributed by atoms with Crippen LogP contribution in [0, 0.1) is 0 Å². The van der Waals surface area contributed by atoms with Crippen LogP contribution in [0.4, 0.5) is 0 Å². The molecule has 3 atom stereocenters. The van der Waals surface area contributed by atoms with Gasteiger partial charge in [0.05, 0.1) is 18.3 Å². The summed E-state index contributed by atoms with van der Waals surface area (Å²) in [5, 5.41) is 37.9. The summed E-state index contributed by atoms with van der Waals surface area (Å²) in [5.41, 5.74) is 0. The number of carboxylic acid groups (broad SMARTS) is 1. The van der Waals surface area contributed by atoms with Crippen LogP contribution >= 0.6 is 0 Å². The number of hydrogen-bond acceptors (Lipinski definition) is 4. The fourth-order valence-corrected chi connectivity index (χ4v) is 2.40. The summed E-state index contributed by atoms with van der Waals surface area (Å²) < 4.78 is 0.